The molecule has 0 N–H and O–H groups in total. The number of amides is 1. The summed E-state index contributed by atoms with van der Waals surface area (Å²) in [4.78, 5) is 25.3. The minimum Gasteiger partial charge on any atom is -0.497 e. The first-order valence-corrected chi connectivity index (χ1v) is 11.0. The van der Waals surface area contributed by atoms with Crippen molar-refractivity contribution in [3.8, 4) is 5.75 Å². The zero-order valence-corrected chi connectivity index (χ0v) is 17.7. The normalized spacial score (nSPS) is 10.8. The number of carbonyl (C=O) groups is 1. The molecule has 0 unspecified atom stereocenters. The number of nitrogens with zero attached hydrogens (tertiary/aromatic N) is 3. The van der Waals surface area contributed by atoms with E-state index in [0.29, 0.717) is 17.2 Å². The Hall–Kier alpha value is -2.90. The summed E-state index contributed by atoms with van der Waals surface area (Å²) in [6, 6.07) is 19.1. The molecule has 0 atom stereocenters. The topological polar surface area (TPSA) is 55.3 Å². The Morgan fingerprint density at radius 2 is 1.97 bits per heavy atom. The van der Waals surface area contributed by atoms with Crippen LogP contribution >= 0.6 is 23.1 Å². The van der Waals surface area contributed by atoms with Crippen LogP contribution in [0.3, 0.4) is 0 Å². The average Bonchev–Trinajstić information content (AvgIpc) is 3.20. The molecular weight excluding hydrogens is 402 g/mol. The second-order valence-electron chi connectivity index (χ2n) is 6.24. The smallest absolute Gasteiger partial charge is 0.261 e. The maximum atomic E-state index is 13.6. The van der Waals surface area contributed by atoms with Gasteiger partial charge in [-0.25, -0.2) is 4.98 Å². The van der Waals surface area contributed by atoms with Gasteiger partial charge in [-0.1, -0.05) is 29.5 Å². The molecule has 0 aliphatic heterocycles. The number of fused-ring (bicyclic) bond motifs is 1. The molecule has 2 heterocycles. The van der Waals surface area contributed by atoms with E-state index in [1.54, 1.807) is 30.0 Å². The summed E-state index contributed by atoms with van der Waals surface area (Å²) in [6.45, 7) is 0.347. The van der Waals surface area contributed by atoms with Crippen LogP contribution in [0.15, 0.2) is 71.8 Å². The maximum Gasteiger partial charge on any atom is 0.261 e. The molecule has 0 saturated carbocycles. The number of aromatic nitrogens is 2. The minimum atomic E-state index is -0.0911. The van der Waals surface area contributed by atoms with Crippen LogP contribution in [0.4, 0.5) is 5.13 Å². The van der Waals surface area contributed by atoms with Gasteiger partial charge >= 0.3 is 0 Å². The van der Waals surface area contributed by atoms with Crippen molar-refractivity contribution >= 4 is 44.4 Å². The lowest BCUT2D eigenvalue weighted by molar-refractivity contribution is 0.0982. The highest BCUT2D eigenvalue weighted by Gasteiger charge is 2.24. The molecule has 0 aliphatic rings. The molecule has 0 saturated heterocycles. The number of thiazole rings is 1. The highest BCUT2D eigenvalue weighted by Crippen LogP contribution is 2.33. The van der Waals surface area contributed by atoms with Crippen LogP contribution in [0.2, 0.25) is 0 Å². The lowest BCUT2D eigenvalue weighted by atomic mass is 10.2. The number of thioether (sulfide) groups is 1. The average molecular weight is 422 g/mol. The van der Waals surface area contributed by atoms with Gasteiger partial charge < -0.3 is 4.74 Å². The van der Waals surface area contributed by atoms with Crippen LogP contribution in [0.25, 0.3) is 10.2 Å². The molecule has 2 aromatic heterocycles. The number of anilines is 1. The fourth-order valence-electron chi connectivity index (χ4n) is 2.98. The lowest BCUT2D eigenvalue weighted by Gasteiger charge is -2.20. The number of rotatable bonds is 6. The predicted molar refractivity (Wildman–Crippen MR) is 119 cm³/mol. The van der Waals surface area contributed by atoms with E-state index < -0.39 is 0 Å². The van der Waals surface area contributed by atoms with Crippen LogP contribution in [0, 0.1) is 0 Å². The molecule has 0 bridgehead atoms. The van der Waals surface area contributed by atoms with Crippen molar-refractivity contribution < 1.29 is 9.53 Å². The van der Waals surface area contributed by atoms with Crippen LogP contribution in [0.1, 0.15) is 16.1 Å². The summed E-state index contributed by atoms with van der Waals surface area (Å²) in [5.74, 6) is 0.649. The van der Waals surface area contributed by atoms with Crippen molar-refractivity contribution in [2.75, 3.05) is 18.3 Å². The molecule has 0 radical (unpaired) electrons. The summed E-state index contributed by atoms with van der Waals surface area (Å²) in [7, 11) is 1.63. The highest BCUT2D eigenvalue weighted by molar-refractivity contribution is 7.98. The highest BCUT2D eigenvalue weighted by atomic mass is 32.2. The number of carbonyl (C=O) groups excluding carboxylic acids is 1. The number of methoxy groups -OCH3 is 1. The van der Waals surface area contributed by atoms with E-state index in [2.05, 4.69) is 4.98 Å². The van der Waals surface area contributed by atoms with Gasteiger partial charge in [-0.2, -0.15) is 0 Å². The van der Waals surface area contributed by atoms with Crippen LogP contribution in [-0.4, -0.2) is 29.2 Å². The molecule has 0 fully saturated rings. The van der Waals surface area contributed by atoms with E-state index in [9.17, 15) is 4.79 Å². The summed E-state index contributed by atoms with van der Waals surface area (Å²) in [5, 5.41) is 0.639. The van der Waals surface area contributed by atoms with Gasteiger partial charge in [-0.3, -0.25) is 14.7 Å². The van der Waals surface area contributed by atoms with Crippen LogP contribution in [0.5, 0.6) is 5.75 Å². The molecule has 29 heavy (non-hydrogen) atoms. The summed E-state index contributed by atoms with van der Waals surface area (Å²) >= 11 is 3.04. The predicted octanol–water partition coefficient (Wildman–Crippen LogP) is 5.27. The molecule has 7 heteroatoms. The van der Waals surface area contributed by atoms with E-state index >= 15 is 0 Å². The van der Waals surface area contributed by atoms with E-state index in [4.69, 9.17) is 9.72 Å². The number of ether oxygens (including phenoxy) is 1. The first kappa shape index (κ1) is 19.4. The van der Waals surface area contributed by atoms with Crippen LogP contribution < -0.4 is 9.64 Å². The number of hydrogen-bond donors (Lipinski definition) is 0. The molecule has 1 amide bonds. The zero-order valence-electron chi connectivity index (χ0n) is 16.0. The fraction of sp³-hybridized carbons (Fsp3) is 0.136. The van der Waals surface area contributed by atoms with Gasteiger partial charge in [0.25, 0.3) is 5.91 Å². The van der Waals surface area contributed by atoms with Crippen molar-refractivity contribution in [2.45, 2.75) is 11.4 Å². The summed E-state index contributed by atoms with van der Waals surface area (Å²) in [5.41, 5.74) is 2.27. The SMILES string of the molecule is COc1ccc2sc(N(Cc3ccccn3)C(=O)c3ccccc3SC)nc2c1. The maximum absolute atomic E-state index is 13.6. The van der Waals surface area contributed by atoms with Gasteiger partial charge in [0.2, 0.25) is 0 Å². The third kappa shape index (κ3) is 4.11. The molecule has 4 rings (SSSR count). The van der Waals surface area contributed by atoms with E-state index in [-0.39, 0.29) is 5.91 Å². The Morgan fingerprint density at radius 3 is 2.72 bits per heavy atom. The second kappa shape index (κ2) is 8.63. The van der Waals surface area contributed by atoms with E-state index in [0.717, 1.165) is 26.6 Å². The monoisotopic (exact) mass is 421 g/mol. The first-order chi connectivity index (χ1) is 14.2. The van der Waals surface area contributed by atoms with Crippen molar-refractivity contribution in [1.29, 1.82) is 0 Å². The van der Waals surface area contributed by atoms with Crippen LogP contribution in [-0.2, 0) is 6.54 Å². The molecule has 4 aromatic rings. The van der Waals surface area contributed by atoms with Gasteiger partial charge in [0.15, 0.2) is 5.13 Å². The quantitative estimate of drug-likeness (QED) is 0.397. The summed E-state index contributed by atoms with van der Waals surface area (Å²) in [6.07, 6.45) is 3.70. The Labute approximate surface area is 177 Å². The minimum absolute atomic E-state index is 0.0911. The molecule has 5 nitrogen and oxygen atoms in total. The molecular formula is C22H19N3O2S2. The first-order valence-electron chi connectivity index (χ1n) is 8.99. The largest absolute Gasteiger partial charge is 0.497 e. The number of pyridine rings is 1. The third-order valence-electron chi connectivity index (χ3n) is 4.44. The zero-order chi connectivity index (χ0) is 20.2. The van der Waals surface area contributed by atoms with Gasteiger partial charge in [-0.15, -0.1) is 11.8 Å². The van der Waals surface area contributed by atoms with Gasteiger partial charge in [0, 0.05) is 17.2 Å². The Kier molecular flexibility index (Phi) is 5.78. The standard InChI is InChI=1S/C22H19N3O2S2/c1-27-16-10-11-20-18(13-16)24-22(29-20)25(14-15-7-5-6-12-23-15)21(26)17-8-3-4-9-19(17)28-2/h3-13H,14H2,1-2H3. The molecule has 0 aliphatic carbocycles. The van der Waals surface area contributed by atoms with E-state index in [1.807, 2.05) is 66.9 Å². The molecule has 2 aromatic carbocycles. The third-order valence-corrected chi connectivity index (χ3v) is 6.30. The summed E-state index contributed by atoms with van der Waals surface area (Å²) < 4.78 is 6.30. The Balaban J connectivity index is 1.79. The van der Waals surface area contributed by atoms with Crippen molar-refractivity contribution in [3.05, 3.63) is 78.1 Å². The fourth-order valence-corrected chi connectivity index (χ4v) is 4.52. The van der Waals surface area contributed by atoms with Crippen molar-refractivity contribution in [1.82, 2.24) is 9.97 Å². The van der Waals surface area contributed by atoms with Crippen molar-refractivity contribution in [3.63, 3.8) is 0 Å². The van der Waals surface area contributed by atoms with Gasteiger partial charge in [-0.05, 0) is 42.7 Å². The number of benzene rings is 2. The van der Waals surface area contributed by atoms with E-state index in [1.165, 1.54) is 11.3 Å². The molecule has 0 spiro atoms. The van der Waals surface area contributed by atoms with Gasteiger partial charge in [0.05, 0.1) is 35.1 Å². The Bertz CT molecular complexity index is 1150. The van der Waals surface area contributed by atoms with Gasteiger partial charge in [0.1, 0.15) is 5.75 Å². The number of hydrogen-bond acceptors (Lipinski definition) is 6. The Morgan fingerprint density at radius 1 is 1.14 bits per heavy atom. The van der Waals surface area contributed by atoms with Crippen molar-refractivity contribution in [2.24, 2.45) is 0 Å². The second-order valence-corrected chi connectivity index (χ2v) is 8.10. The lowest BCUT2D eigenvalue weighted by Crippen LogP contribution is -2.31. The molecule has 146 valence electrons.